The van der Waals surface area contributed by atoms with E-state index in [9.17, 15) is 0 Å². The van der Waals surface area contributed by atoms with E-state index < -0.39 is 0 Å². The van der Waals surface area contributed by atoms with Gasteiger partial charge in [-0.05, 0) is 26.7 Å². The minimum Gasteiger partial charge on any atom is -0.361 e. The number of rotatable bonds is 5. The molecule has 0 saturated carbocycles. The number of aryl methyl sites for hydroxylation is 3. The Morgan fingerprint density at radius 3 is 2.88 bits per heavy atom. The van der Waals surface area contributed by atoms with Crippen molar-refractivity contribution in [1.29, 1.82) is 0 Å². The van der Waals surface area contributed by atoms with E-state index in [1.165, 1.54) is 0 Å². The van der Waals surface area contributed by atoms with Crippen LogP contribution in [0.15, 0.2) is 10.7 Å². The molecular formula is C11H15ClN4O. The van der Waals surface area contributed by atoms with Gasteiger partial charge in [-0.25, -0.2) is 4.68 Å². The Labute approximate surface area is 105 Å². The van der Waals surface area contributed by atoms with E-state index in [-0.39, 0.29) is 0 Å². The standard InChI is InChI=1S/C11H15ClN4O/c1-8-11(9(2)17-14-8)7-16-6-10(13-15-16)4-3-5-12/h6H,3-5,7H2,1-2H3. The maximum absolute atomic E-state index is 5.64. The van der Waals surface area contributed by atoms with Gasteiger partial charge in [-0.1, -0.05) is 10.4 Å². The molecule has 0 aromatic carbocycles. The van der Waals surface area contributed by atoms with Crippen molar-refractivity contribution < 1.29 is 4.52 Å². The van der Waals surface area contributed by atoms with Gasteiger partial charge in [0.2, 0.25) is 0 Å². The summed E-state index contributed by atoms with van der Waals surface area (Å²) < 4.78 is 6.91. The highest BCUT2D eigenvalue weighted by atomic mass is 35.5. The topological polar surface area (TPSA) is 56.7 Å². The van der Waals surface area contributed by atoms with Crippen LogP contribution in [0.3, 0.4) is 0 Å². The fraction of sp³-hybridized carbons (Fsp3) is 0.545. The molecule has 2 aromatic heterocycles. The van der Waals surface area contributed by atoms with Crippen molar-refractivity contribution in [1.82, 2.24) is 20.2 Å². The Kier molecular flexibility index (Phi) is 3.78. The first-order chi connectivity index (χ1) is 8.20. The second-order valence-corrected chi connectivity index (χ2v) is 4.38. The van der Waals surface area contributed by atoms with Gasteiger partial charge in [-0.2, -0.15) is 0 Å². The number of nitrogens with zero attached hydrogens (tertiary/aromatic N) is 4. The summed E-state index contributed by atoms with van der Waals surface area (Å²) in [6, 6.07) is 0. The molecule has 0 spiro atoms. The minimum atomic E-state index is 0.648. The van der Waals surface area contributed by atoms with Crippen molar-refractivity contribution in [2.45, 2.75) is 33.2 Å². The van der Waals surface area contributed by atoms with E-state index in [1.807, 2.05) is 20.0 Å². The van der Waals surface area contributed by atoms with E-state index in [1.54, 1.807) is 4.68 Å². The Morgan fingerprint density at radius 1 is 1.41 bits per heavy atom. The minimum absolute atomic E-state index is 0.648. The summed E-state index contributed by atoms with van der Waals surface area (Å²) in [5.74, 6) is 1.48. The lowest BCUT2D eigenvalue weighted by Gasteiger charge is -1.98. The van der Waals surface area contributed by atoms with Gasteiger partial charge in [0, 0.05) is 17.6 Å². The molecule has 17 heavy (non-hydrogen) atoms. The predicted octanol–water partition coefficient (Wildman–Crippen LogP) is 2.10. The van der Waals surface area contributed by atoms with E-state index in [0.717, 1.165) is 35.6 Å². The Hall–Kier alpha value is -1.36. The third kappa shape index (κ3) is 2.85. The van der Waals surface area contributed by atoms with Crippen LogP contribution in [0.5, 0.6) is 0 Å². The third-order valence-corrected chi connectivity index (χ3v) is 2.92. The number of aromatic nitrogens is 4. The van der Waals surface area contributed by atoms with Gasteiger partial charge >= 0.3 is 0 Å². The fourth-order valence-electron chi connectivity index (χ4n) is 1.67. The molecule has 0 fully saturated rings. The summed E-state index contributed by atoms with van der Waals surface area (Å²) >= 11 is 5.64. The van der Waals surface area contributed by atoms with Crippen LogP contribution < -0.4 is 0 Å². The summed E-state index contributed by atoms with van der Waals surface area (Å²) in [5, 5.41) is 12.1. The van der Waals surface area contributed by atoms with Crippen LogP contribution in [0.1, 0.15) is 29.1 Å². The quantitative estimate of drug-likeness (QED) is 0.767. The van der Waals surface area contributed by atoms with E-state index >= 15 is 0 Å². The number of alkyl halides is 1. The molecule has 0 bridgehead atoms. The molecule has 6 heteroatoms. The van der Waals surface area contributed by atoms with Crippen molar-refractivity contribution in [3.63, 3.8) is 0 Å². The third-order valence-electron chi connectivity index (χ3n) is 2.65. The molecule has 5 nitrogen and oxygen atoms in total. The second kappa shape index (κ2) is 5.31. The molecule has 0 amide bonds. The first-order valence-electron chi connectivity index (χ1n) is 5.57. The van der Waals surface area contributed by atoms with E-state index in [2.05, 4.69) is 15.5 Å². The van der Waals surface area contributed by atoms with Gasteiger partial charge in [0.15, 0.2) is 0 Å². The van der Waals surface area contributed by atoms with E-state index in [4.69, 9.17) is 16.1 Å². The van der Waals surface area contributed by atoms with Gasteiger partial charge in [0.1, 0.15) is 5.76 Å². The van der Waals surface area contributed by atoms with Crippen molar-refractivity contribution in [3.05, 3.63) is 28.9 Å². The lowest BCUT2D eigenvalue weighted by Crippen LogP contribution is -2.02. The molecule has 0 unspecified atom stereocenters. The molecule has 2 rings (SSSR count). The zero-order chi connectivity index (χ0) is 12.3. The molecule has 2 heterocycles. The molecule has 2 aromatic rings. The van der Waals surface area contributed by atoms with Crippen molar-refractivity contribution in [3.8, 4) is 0 Å². The summed E-state index contributed by atoms with van der Waals surface area (Å²) in [6.07, 6.45) is 3.73. The molecule has 0 aliphatic heterocycles. The largest absolute Gasteiger partial charge is 0.361 e. The van der Waals surface area contributed by atoms with Crippen LogP contribution in [-0.4, -0.2) is 26.0 Å². The molecule has 92 valence electrons. The molecule has 0 aliphatic rings. The zero-order valence-corrected chi connectivity index (χ0v) is 10.7. The van der Waals surface area contributed by atoms with Gasteiger partial charge in [-0.15, -0.1) is 16.7 Å². The van der Waals surface area contributed by atoms with Crippen LogP contribution in [-0.2, 0) is 13.0 Å². The molecule has 0 radical (unpaired) electrons. The Bertz CT molecular complexity index is 472. The van der Waals surface area contributed by atoms with Crippen LogP contribution in [0.2, 0.25) is 0 Å². The SMILES string of the molecule is Cc1noc(C)c1Cn1cc(CCCCl)nn1. The predicted molar refractivity (Wildman–Crippen MR) is 64.1 cm³/mol. The maximum atomic E-state index is 5.64. The summed E-state index contributed by atoms with van der Waals surface area (Å²) in [7, 11) is 0. The summed E-state index contributed by atoms with van der Waals surface area (Å²) in [6.45, 7) is 4.48. The molecular weight excluding hydrogens is 240 g/mol. The van der Waals surface area contributed by atoms with Gasteiger partial charge in [-0.3, -0.25) is 0 Å². The first kappa shape index (κ1) is 12.1. The lowest BCUT2D eigenvalue weighted by atomic mass is 10.2. The molecule has 0 saturated heterocycles. The monoisotopic (exact) mass is 254 g/mol. The zero-order valence-electron chi connectivity index (χ0n) is 9.98. The number of hydrogen-bond acceptors (Lipinski definition) is 4. The van der Waals surface area contributed by atoms with Crippen LogP contribution in [0.25, 0.3) is 0 Å². The number of hydrogen-bond donors (Lipinski definition) is 0. The van der Waals surface area contributed by atoms with Gasteiger partial charge in [0.25, 0.3) is 0 Å². The van der Waals surface area contributed by atoms with Crippen molar-refractivity contribution in [2.75, 3.05) is 5.88 Å². The summed E-state index contributed by atoms with van der Waals surface area (Å²) in [4.78, 5) is 0. The molecule has 0 N–H and O–H groups in total. The number of halogens is 1. The van der Waals surface area contributed by atoms with Crippen molar-refractivity contribution in [2.24, 2.45) is 0 Å². The highest BCUT2D eigenvalue weighted by Crippen LogP contribution is 2.13. The van der Waals surface area contributed by atoms with Gasteiger partial charge < -0.3 is 4.52 Å². The molecule has 0 aliphatic carbocycles. The Morgan fingerprint density at radius 2 is 2.24 bits per heavy atom. The van der Waals surface area contributed by atoms with Gasteiger partial charge in [0.05, 0.1) is 17.9 Å². The fourth-order valence-corrected chi connectivity index (χ4v) is 1.80. The van der Waals surface area contributed by atoms with E-state index in [0.29, 0.717) is 12.4 Å². The average Bonchev–Trinajstić information content (AvgIpc) is 2.88. The second-order valence-electron chi connectivity index (χ2n) is 4.00. The van der Waals surface area contributed by atoms with Crippen molar-refractivity contribution >= 4 is 11.6 Å². The Balaban J connectivity index is 2.06. The van der Waals surface area contributed by atoms with Crippen LogP contribution >= 0.6 is 11.6 Å². The smallest absolute Gasteiger partial charge is 0.138 e. The average molecular weight is 255 g/mol. The maximum Gasteiger partial charge on any atom is 0.138 e. The highest BCUT2D eigenvalue weighted by Gasteiger charge is 2.10. The normalized spacial score (nSPS) is 11.0. The molecule has 0 atom stereocenters. The highest BCUT2D eigenvalue weighted by molar-refractivity contribution is 6.17. The lowest BCUT2D eigenvalue weighted by molar-refractivity contribution is 0.391. The van der Waals surface area contributed by atoms with Crippen LogP contribution in [0, 0.1) is 13.8 Å². The summed E-state index contributed by atoms with van der Waals surface area (Å²) in [5.41, 5.74) is 2.94. The van der Waals surface area contributed by atoms with Crippen LogP contribution in [0.4, 0.5) is 0 Å². The first-order valence-corrected chi connectivity index (χ1v) is 6.11.